The third kappa shape index (κ3) is 37.4. The molecule has 9 aromatic carbocycles. The molecule has 0 unspecified atom stereocenters. The summed E-state index contributed by atoms with van der Waals surface area (Å²) in [6, 6.07) is 74.0. The first-order valence-corrected chi connectivity index (χ1v) is 36.8. The molecule has 0 saturated heterocycles. The monoisotopic (exact) mass is 1400 g/mol. The molecule has 0 heterocycles. The van der Waals surface area contributed by atoms with Crippen LogP contribution in [0.15, 0.2) is 252 Å². The summed E-state index contributed by atoms with van der Waals surface area (Å²) >= 11 is 0. The van der Waals surface area contributed by atoms with Gasteiger partial charge in [0.25, 0.3) is 5.69 Å². The van der Waals surface area contributed by atoms with Gasteiger partial charge in [0.1, 0.15) is 28.5 Å². The second kappa shape index (κ2) is 49.8. The number of carbonyl (C=O) groups is 2. The second-order valence-corrected chi connectivity index (χ2v) is 26.9. The van der Waals surface area contributed by atoms with Crippen molar-refractivity contribution in [3.63, 3.8) is 0 Å². The van der Waals surface area contributed by atoms with E-state index in [4.69, 9.17) is 24.8 Å². The molecule has 17 heteroatoms. The number of benzene rings is 9. The predicted octanol–water partition coefficient (Wildman–Crippen LogP) is 19.7. The van der Waals surface area contributed by atoms with Gasteiger partial charge >= 0.3 is 6.15 Å². The molecule has 540 valence electrons. The van der Waals surface area contributed by atoms with Gasteiger partial charge in [-0.1, -0.05) is 250 Å². The maximum Gasteiger partial charge on any atom is 0.373 e. The van der Waals surface area contributed by atoms with Crippen molar-refractivity contribution in [2.45, 2.75) is 171 Å². The van der Waals surface area contributed by atoms with Crippen molar-refractivity contribution < 1.29 is 55.5 Å². The third-order valence-corrected chi connectivity index (χ3v) is 17.1. The Bertz CT molecular complexity index is 3920. The van der Waals surface area contributed by atoms with Crippen LogP contribution in [0, 0.1) is 24.0 Å². The van der Waals surface area contributed by atoms with Crippen molar-refractivity contribution in [1.82, 2.24) is 0 Å². The molecule has 15 nitrogen and oxygen atoms in total. The number of nitro groups is 1. The molecule has 0 spiro atoms. The highest BCUT2D eigenvalue weighted by molar-refractivity contribution is 7.91. The quantitative estimate of drug-likeness (QED) is 0.0373. The summed E-state index contributed by atoms with van der Waals surface area (Å²) in [6.07, 6.45) is 0.836. The van der Waals surface area contributed by atoms with E-state index in [2.05, 4.69) is 26.0 Å². The Balaban J connectivity index is 0. The van der Waals surface area contributed by atoms with Crippen LogP contribution in [0.4, 0.5) is 11.4 Å². The van der Waals surface area contributed by atoms with Crippen LogP contribution in [0.5, 0.6) is 11.5 Å². The summed E-state index contributed by atoms with van der Waals surface area (Å²) < 4.78 is 58.6. The number of hydrogen-bond acceptors (Lipinski definition) is 14. The molecule has 0 aliphatic carbocycles. The first kappa shape index (κ1) is 92.4. The van der Waals surface area contributed by atoms with E-state index < -0.39 is 35.8 Å². The van der Waals surface area contributed by atoms with Gasteiger partial charge in [-0.3, -0.25) is 19.7 Å². The van der Waals surface area contributed by atoms with E-state index >= 15 is 0 Å². The van der Waals surface area contributed by atoms with Gasteiger partial charge in [-0.05, 0) is 151 Å². The van der Waals surface area contributed by atoms with Crippen LogP contribution in [0.3, 0.4) is 0 Å². The number of nitro benzene ring substituents is 1. The molecule has 0 aliphatic heterocycles. The molecule has 0 aromatic heterocycles. The van der Waals surface area contributed by atoms with Gasteiger partial charge in [-0.25, -0.2) is 16.8 Å². The summed E-state index contributed by atoms with van der Waals surface area (Å²) in [7, 11) is -6.24. The minimum Gasteiger partial charge on any atom is -0.483 e. The number of nitrogens with zero attached hydrogens (tertiary/aromatic N) is 1. The molecule has 0 atom stereocenters. The van der Waals surface area contributed by atoms with Gasteiger partial charge in [0, 0.05) is 36.2 Å². The maximum absolute atomic E-state index is 12.5. The second-order valence-electron chi connectivity index (χ2n) is 22.3. The smallest absolute Gasteiger partial charge is 0.373 e. The highest BCUT2D eigenvalue weighted by Gasteiger charge is 2.24. The van der Waals surface area contributed by atoms with Gasteiger partial charge in [0.15, 0.2) is 25.5 Å². The number of sulfone groups is 2. The van der Waals surface area contributed by atoms with E-state index in [-0.39, 0.29) is 46.9 Å². The average Bonchev–Trinajstić information content (AvgIpc) is 0.857. The Morgan fingerprint density at radius 3 is 1.02 bits per heavy atom. The zero-order valence-corrected chi connectivity index (χ0v) is 63.7. The van der Waals surface area contributed by atoms with Gasteiger partial charge in [0.2, 0.25) is 0 Å². The molecule has 0 fully saturated rings. The largest absolute Gasteiger partial charge is 0.483 e. The number of hydrogen-bond donors (Lipinski definition) is 2. The van der Waals surface area contributed by atoms with E-state index in [1.165, 1.54) is 12.1 Å². The predicted molar refractivity (Wildman–Crippen MR) is 409 cm³/mol. The number of ketones is 2. The van der Waals surface area contributed by atoms with Crippen LogP contribution in [-0.4, -0.2) is 56.1 Å². The van der Waals surface area contributed by atoms with Crippen molar-refractivity contribution >= 4 is 48.8 Å². The minimum atomic E-state index is -3.22. The van der Waals surface area contributed by atoms with Gasteiger partial charge in [0.05, 0.1) is 31.8 Å². The van der Waals surface area contributed by atoms with Crippen LogP contribution in [0.1, 0.15) is 167 Å². The zero-order chi connectivity index (χ0) is 76.5. The molecule has 100 heavy (non-hydrogen) atoms. The summed E-state index contributed by atoms with van der Waals surface area (Å²) in [5.41, 5.74) is 12.8. The van der Waals surface area contributed by atoms with Crippen molar-refractivity contribution in [3.8, 4) is 11.5 Å². The van der Waals surface area contributed by atoms with Gasteiger partial charge in [-0.2, -0.15) is 9.59 Å². The van der Waals surface area contributed by atoms with Crippen LogP contribution in [0.25, 0.3) is 0 Å². The highest BCUT2D eigenvalue weighted by atomic mass is 32.2. The zero-order valence-electron chi connectivity index (χ0n) is 62.1. The third-order valence-electron chi connectivity index (χ3n) is 13.6. The highest BCUT2D eigenvalue weighted by Crippen LogP contribution is 2.30. The fraction of sp³-hybridized carbons (Fsp3) is 0.313. The number of ether oxygens (including phenoxy) is 2. The Morgan fingerprint density at radius 1 is 0.460 bits per heavy atom. The number of aryl methyl sites for hydroxylation is 2. The normalized spacial score (nSPS) is 10.2. The molecule has 0 aliphatic rings. The van der Waals surface area contributed by atoms with Gasteiger partial charge in [-0.15, -0.1) is 0 Å². The first-order chi connectivity index (χ1) is 47.4. The Morgan fingerprint density at radius 2 is 0.740 bits per heavy atom. The minimum absolute atomic E-state index is 0.0630. The number of rotatable bonds is 17. The summed E-state index contributed by atoms with van der Waals surface area (Å²) in [6.45, 7) is 36.4. The maximum atomic E-state index is 12.5. The van der Waals surface area contributed by atoms with Crippen molar-refractivity contribution in [1.29, 1.82) is 0 Å². The Hall–Kier alpha value is -9.64. The topological polar surface area (TPSA) is 244 Å². The van der Waals surface area contributed by atoms with Crippen LogP contribution in [-0.2, 0) is 63.7 Å². The summed E-state index contributed by atoms with van der Waals surface area (Å²) in [4.78, 5) is 49.8. The van der Waals surface area contributed by atoms with E-state index in [1.54, 1.807) is 83.1 Å². The van der Waals surface area contributed by atoms with Crippen molar-refractivity contribution in [3.05, 3.63) is 297 Å². The number of non-ortho nitro benzene ring substituents is 1. The fourth-order valence-electron chi connectivity index (χ4n) is 8.19. The molecule has 9 aromatic rings. The lowest BCUT2D eigenvalue weighted by molar-refractivity contribution is -0.384. The Labute approximate surface area is 597 Å². The van der Waals surface area contributed by atoms with E-state index in [1.807, 2.05) is 253 Å². The number of aliphatic hydroxyl groups is 1. The molecule has 0 radical (unpaired) electrons. The lowest BCUT2D eigenvalue weighted by atomic mass is 9.98. The first-order valence-electron chi connectivity index (χ1n) is 33.5. The molecular weight excluding hydrogens is 1300 g/mol. The molecule has 0 saturated carbocycles. The van der Waals surface area contributed by atoms with Crippen LogP contribution < -0.4 is 15.2 Å². The summed E-state index contributed by atoms with van der Waals surface area (Å²) in [5, 5.41) is 19.6. The number of Topliss-reactive ketones (excluding diaryl/α,β-unsaturated/α-hetero) is 2. The molecule has 0 bridgehead atoms. The molecule has 9 rings (SSSR count). The molecule has 3 N–H and O–H groups in total. The van der Waals surface area contributed by atoms with E-state index in [0.29, 0.717) is 16.2 Å². The SMILES string of the molecule is CC.CC.CC.CC.CC(=O)c1ccccc1.CC(C)(O)c1ccccc1.CC(C)(Oc1ccc(N)cc1)c1ccccc1.CCS(=O)(=O)c1ccc(C)cc1.CCS(=O)(=O)c1ccc(CC(=O)Cc2ccc(OC(C)(C)c3ccccc3)cc2)cc1.Cc1ccc([N+](=O)[O-])cc1.O=C=O. The number of carbonyl (C=O) groups excluding carboxylic acids is 4. The molecular formula is C83H108N2O13S2. The fourth-order valence-corrected chi connectivity index (χ4v) is 9.96. The lowest BCUT2D eigenvalue weighted by Gasteiger charge is -2.27. The Kier molecular flexibility index (Phi) is 46.0. The van der Waals surface area contributed by atoms with Gasteiger partial charge < -0.3 is 20.3 Å². The van der Waals surface area contributed by atoms with Crippen LogP contribution >= 0.6 is 0 Å². The van der Waals surface area contributed by atoms with Crippen LogP contribution in [0.2, 0.25) is 0 Å². The van der Waals surface area contributed by atoms with Crippen molar-refractivity contribution in [2.75, 3.05) is 17.2 Å². The number of nitrogen functional groups attached to an aromatic ring is 1. The van der Waals surface area contributed by atoms with E-state index in [0.717, 1.165) is 61.7 Å². The molecule has 0 amide bonds. The summed E-state index contributed by atoms with van der Waals surface area (Å²) in [5.74, 6) is 2.00. The van der Waals surface area contributed by atoms with Crippen molar-refractivity contribution in [2.24, 2.45) is 0 Å². The number of anilines is 1. The lowest BCUT2D eigenvalue weighted by Crippen LogP contribution is -2.25. The standard InChI is InChI=1S/C26H28O4S.C15H17NO.C9H12O2S.C9H12O.C8H8O.C7H7NO2.4C2H6.CO2/c1-4-31(28,29)25-16-12-21(13-17-25)19-23(27)18-20-10-14-24(15-11-20)30-26(2,3)22-8-6-5-7-9-22;1-15(2,12-6-4-3-5-7-12)17-14-10-8-13(16)9-11-14;1-3-12(10,11)9-6-4-8(2)5-7-9;1-9(2,10)8-6-4-3-5-7-8;1-7(9)8-5-3-2-4-6-8;1-6-2-4-7(5-3-6)8(9)10;4*1-2;2-1-3/h5-17H,4,18-19H2,1-3H3;3-11H,16H2,1-2H3;4-7H,3H2,1-2H3;3-7,10H,1-2H3;2-6H,1H3;2-5H,1H3;4*1-2H3;. The number of nitrogens with two attached hydrogens (primary N) is 1. The average molecular weight is 1410 g/mol. The van der Waals surface area contributed by atoms with E-state index in [9.17, 15) is 41.6 Å².